The topological polar surface area (TPSA) is 98.5 Å². The monoisotopic (exact) mass is 359 g/mol. The number of allylic oxidation sites excluding steroid dienone is 1. The highest BCUT2D eigenvalue weighted by atomic mass is 32.2. The van der Waals surface area contributed by atoms with Gasteiger partial charge in [0.05, 0.1) is 22.3 Å². The molecule has 6 nitrogen and oxygen atoms in total. The predicted octanol–water partition coefficient (Wildman–Crippen LogP) is 4.09. The normalized spacial score (nSPS) is 12.1. The molecule has 0 bridgehead atoms. The summed E-state index contributed by atoms with van der Waals surface area (Å²) in [5, 5.41) is 21.6. The maximum Gasteiger partial charge on any atom is 0.152 e. The number of hydrogen-bond acceptors (Lipinski definition) is 6. The molecule has 0 saturated carbocycles. The van der Waals surface area contributed by atoms with Gasteiger partial charge < -0.3 is 10.1 Å². The number of aliphatic hydroxyl groups is 1. The first-order valence-electron chi connectivity index (χ1n) is 7.86. The van der Waals surface area contributed by atoms with Crippen molar-refractivity contribution in [3.63, 3.8) is 0 Å². The predicted molar refractivity (Wildman–Crippen MR) is 102 cm³/mol. The van der Waals surface area contributed by atoms with Crippen LogP contribution in [0.25, 0.3) is 27.5 Å². The first-order chi connectivity index (χ1) is 12.8. The van der Waals surface area contributed by atoms with E-state index < -0.39 is 0 Å². The van der Waals surface area contributed by atoms with Crippen molar-refractivity contribution in [1.82, 2.24) is 19.9 Å². The Kier molecular flexibility index (Phi) is 4.25. The smallest absolute Gasteiger partial charge is 0.152 e. The van der Waals surface area contributed by atoms with Gasteiger partial charge in [-0.2, -0.15) is 5.26 Å². The van der Waals surface area contributed by atoms with Gasteiger partial charge in [-0.25, -0.2) is 15.0 Å². The Morgan fingerprint density at radius 2 is 1.85 bits per heavy atom. The molecule has 26 heavy (non-hydrogen) atoms. The van der Waals surface area contributed by atoms with Crippen molar-refractivity contribution in [2.24, 2.45) is 0 Å². The van der Waals surface area contributed by atoms with E-state index in [-0.39, 0.29) is 17.1 Å². The number of nitrogens with zero attached hydrogens (tertiary/aromatic N) is 4. The molecule has 0 saturated heterocycles. The molecule has 4 aromatic rings. The summed E-state index contributed by atoms with van der Waals surface area (Å²) in [4.78, 5) is 16.0. The Morgan fingerprint density at radius 3 is 2.65 bits per heavy atom. The van der Waals surface area contributed by atoms with Gasteiger partial charge in [0.15, 0.2) is 5.82 Å². The zero-order valence-corrected chi connectivity index (χ0v) is 14.4. The van der Waals surface area contributed by atoms with Crippen molar-refractivity contribution < 1.29 is 5.11 Å². The van der Waals surface area contributed by atoms with Crippen LogP contribution in [-0.4, -0.2) is 30.8 Å². The van der Waals surface area contributed by atoms with Gasteiger partial charge >= 0.3 is 0 Å². The van der Waals surface area contributed by atoms with Gasteiger partial charge in [-0.3, -0.25) is 0 Å². The molecule has 2 aromatic heterocycles. The molecule has 7 heteroatoms. The molecule has 0 aliphatic carbocycles. The maximum atomic E-state index is 10.5. The highest BCUT2D eigenvalue weighted by Crippen LogP contribution is 2.27. The van der Waals surface area contributed by atoms with Crippen LogP contribution in [0.1, 0.15) is 5.82 Å². The summed E-state index contributed by atoms with van der Waals surface area (Å²) in [5.41, 5.74) is 2.54. The van der Waals surface area contributed by atoms with Gasteiger partial charge in [0.1, 0.15) is 28.8 Å². The fourth-order valence-electron chi connectivity index (χ4n) is 2.63. The second-order valence-corrected chi connectivity index (χ2v) is 6.48. The van der Waals surface area contributed by atoms with Crippen molar-refractivity contribution >= 4 is 39.3 Å². The van der Waals surface area contributed by atoms with Gasteiger partial charge in [0, 0.05) is 5.39 Å². The zero-order chi connectivity index (χ0) is 17.9. The van der Waals surface area contributed by atoms with E-state index >= 15 is 0 Å². The molecule has 4 rings (SSSR count). The lowest BCUT2D eigenvalue weighted by atomic mass is 10.2. The second kappa shape index (κ2) is 6.86. The molecular weight excluding hydrogens is 346 g/mol. The number of aromatic amines is 1. The van der Waals surface area contributed by atoms with Crippen LogP contribution >= 0.6 is 11.8 Å². The van der Waals surface area contributed by atoms with Crippen LogP contribution in [0, 0.1) is 11.3 Å². The third kappa shape index (κ3) is 2.98. The van der Waals surface area contributed by atoms with Crippen molar-refractivity contribution in [3.8, 4) is 6.07 Å². The average molecular weight is 359 g/mol. The molecule has 126 valence electrons. The van der Waals surface area contributed by atoms with Crippen molar-refractivity contribution in [2.45, 2.75) is 5.03 Å². The molecule has 0 fully saturated rings. The lowest BCUT2D eigenvalue weighted by Crippen LogP contribution is -1.96. The Bertz CT molecular complexity index is 1140. The summed E-state index contributed by atoms with van der Waals surface area (Å²) in [5.74, 6) is 0.527. The zero-order valence-electron chi connectivity index (χ0n) is 13.5. The number of H-pyrrole nitrogens is 1. The van der Waals surface area contributed by atoms with E-state index in [0.29, 0.717) is 5.82 Å². The van der Waals surface area contributed by atoms with Crippen molar-refractivity contribution in [2.75, 3.05) is 5.75 Å². The minimum absolute atomic E-state index is 0.0424. The highest BCUT2D eigenvalue weighted by molar-refractivity contribution is 7.99. The number of aromatic nitrogens is 4. The van der Waals surface area contributed by atoms with E-state index in [2.05, 4.69) is 19.9 Å². The van der Waals surface area contributed by atoms with Gasteiger partial charge in [0.2, 0.25) is 0 Å². The van der Waals surface area contributed by atoms with Gasteiger partial charge in [-0.05, 0) is 18.2 Å². The second-order valence-electron chi connectivity index (χ2n) is 5.52. The number of nitriles is 1. The average Bonchev–Trinajstić information content (AvgIpc) is 3.10. The van der Waals surface area contributed by atoms with E-state index in [1.165, 1.54) is 18.1 Å². The summed E-state index contributed by atoms with van der Waals surface area (Å²) in [6.07, 6.45) is 1.50. The molecule has 0 aliphatic rings. The molecule has 2 aromatic carbocycles. The molecule has 2 heterocycles. The molecule has 0 amide bonds. The minimum Gasteiger partial charge on any atom is -0.510 e. The fourth-order valence-corrected chi connectivity index (χ4v) is 3.50. The number of imidazole rings is 1. The molecule has 2 N–H and O–H groups in total. The van der Waals surface area contributed by atoms with E-state index in [1.54, 1.807) is 0 Å². The number of rotatable bonds is 4. The third-order valence-electron chi connectivity index (χ3n) is 3.88. The van der Waals surface area contributed by atoms with Gasteiger partial charge in [-0.1, -0.05) is 42.1 Å². The van der Waals surface area contributed by atoms with Crippen molar-refractivity contribution in [1.29, 1.82) is 5.26 Å². The van der Waals surface area contributed by atoms with Crippen LogP contribution in [0.3, 0.4) is 0 Å². The minimum atomic E-state index is -0.0424. The molecule has 0 aliphatic heterocycles. The fraction of sp³-hybridized carbons (Fsp3) is 0.0526. The van der Waals surface area contributed by atoms with Crippen LogP contribution in [0.4, 0.5) is 0 Å². The number of para-hydroxylation sites is 3. The van der Waals surface area contributed by atoms with Crippen LogP contribution in [0.2, 0.25) is 0 Å². The largest absolute Gasteiger partial charge is 0.510 e. The molecule has 0 spiro atoms. The summed E-state index contributed by atoms with van der Waals surface area (Å²) < 4.78 is 0. The van der Waals surface area contributed by atoms with Gasteiger partial charge in [-0.15, -0.1) is 0 Å². The molecular formula is C19H13N5OS. The third-order valence-corrected chi connectivity index (χ3v) is 4.89. The summed E-state index contributed by atoms with van der Waals surface area (Å²) in [6, 6.07) is 17.2. The Morgan fingerprint density at radius 1 is 1.08 bits per heavy atom. The standard InChI is InChI=1S/C19H13N5OS/c20-9-13(18-23-15-7-3-4-8-16(15)24-18)17(25)10-26-19-12-5-1-2-6-14(12)21-11-22-19/h1-8,11,25H,10H2,(H,23,24)/b17-13-. The Balaban J connectivity index is 1.64. The maximum absolute atomic E-state index is 10.5. The van der Waals surface area contributed by atoms with E-state index in [9.17, 15) is 10.4 Å². The molecule has 0 radical (unpaired) electrons. The summed E-state index contributed by atoms with van der Waals surface area (Å²) >= 11 is 1.35. The first-order valence-corrected chi connectivity index (χ1v) is 8.84. The molecule has 0 atom stereocenters. The van der Waals surface area contributed by atoms with Crippen LogP contribution in [0.5, 0.6) is 0 Å². The Labute approximate surface area is 153 Å². The van der Waals surface area contributed by atoms with E-state index in [4.69, 9.17) is 0 Å². The van der Waals surface area contributed by atoms with Crippen molar-refractivity contribution in [3.05, 3.63) is 66.4 Å². The molecule has 0 unspecified atom stereocenters. The number of thioether (sulfide) groups is 1. The Hall–Kier alpha value is -3.37. The van der Waals surface area contributed by atoms with E-state index in [0.717, 1.165) is 27.0 Å². The van der Waals surface area contributed by atoms with Crippen LogP contribution < -0.4 is 0 Å². The SMILES string of the molecule is N#C/C(=C(/O)CSc1ncnc2ccccc12)c1nc2ccccc2[nH]1. The summed E-state index contributed by atoms with van der Waals surface area (Å²) in [6.45, 7) is 0. The lowest BCUT2D eigenvalue weighted by Gasteiger charge is -2.05. The number of aliphatic hydroxyl groups excluding tert-OH is 1. The highest BCUT2D eigenvalue weighted by Gasteiger charge is 2.14. The van der Waals surface area contributed by atoms with Crippen LogP contribution in [0.15, 0.2) is 65.6 Å². The van der Waals surface area contributed by atoms with Gasteiger partial charge in [0.25, 0.3) is 0 Å². The first kappa shape index (κ1) is 16.1. The van der Waals surface area contributed by atoms with Crippen LogP contribution in [-0.2, 0) is 0 Å². The lowest BCUT2D eigenvalue weighted by molar-refractivity contribution is 0.420. The number of nitrogens with one attached hydrogen (secondary N) is 1. The summed E-state index contributed by atoms with van der Waals surface area (Å²) in [7, 11) is 0. The van der Waals surface area contributed by atoms with E-state index in [1.807, 2.05) is 54.6 Å². The quantitative estimate of drug-likeness (QED) is 0.246. The number of fused-ring (bicyclic) bond motifs is 2. The number of hydrogen-bond donors (Lipinski definition) is 2. The number of benzene rings is 2.